The minimum atomic E-state index is 0.542. The van der Waals surface area contributed by atoms with Crippen LogP contribution < -0.4 is 5.32 Å². The molecule has 2 aliphatic rings. The van der Waals surface area contributed by atoms with Crippen LogP contribution in [0.1, 0.15) is 19.3 Å². The second kappa shape index (κ2) is 1.84. The molecule has 1 atom stereocenters. The Morgan fingerprint density at radius 3 is 2.89 bits per heavy atom. The summed E-state index contributed by atoms with van der Waals surface area (Å²) >= 11 is 0. The van der Waals surface area contributed by atoms with Gasteiger partial charge in [0.2, 0.25) is 0 Å². The Morgan fingerprint density at radius 1 is 1.33 bits per heavy atom. The van der Waals surface area contributed by atoms with Crippen LogP contribution in [0.5, 0.6) is 0 Å². The summed E-state index contributed by atoms with van der Waals surface area (Å²) in [4.78, 5) is 0. The van der Waals surface area contributed by atoms with Crippen LogP contribution in [-0.2, 0) is 0 Å². The molecule has 49 valence electrons. The van der Waals surface area contributed by atoms with Crippen LogP contribution in [0.4, 0.5) is 0 Å². The van der Waals surface area contributed by atoms with E-state index in [0.29, 0.717) is 5.41 Å². The van der Waals surface area contributed by atoms with Crippen molar-refractivity contribution >= 4 is 0 Å². The minimum absolute atomic E-state index is 0.542. The normalized spacial score (nSPS) is 40.9. The highest BCUT2D eigenvalue weighted by molar-refractivity contribution is 5.09. The van der Waals surface area contributed by atoms with Crippen molar-refractivity contribution < 1.29 is 0 Å². The van der Waals surface area contributed by atoms with Gasteiger partial charge in [-0.1, -0.05) is 12.2 Å². The molecule has 1 spiro atoms. The Kier molecular flexibility index (Phi) is 1.12. The first kappa shape index (κ1) is 5.48. The molecular formula is C8H12N. The molecule has 1 nitrogen and oxygen atoms in total. The fourth-order valence-electron chi connectivity index (χ4n) is 1.81. The quantitative estimate of drug-likeness (QED) is 0.430. The zero-order valence-corrected chi connectivity index (χ0v) is 5.64. The third-order valence-corrected chi connectivity index (χ3v) is 2.47. The summed E-state index contributed by atoms with van der Waals surface area (Å²) in [7, 11) is 0. The fourth-order valence-corrected chi connectivity index (χ4v) is 1.81. The number of hydrogen-bond donors (Lipinski definition) is 0. The molecule has 1 radical (unpaired) electrons. The maximum Gasteiger partial charge on any atom is 0.0225 e. The second-order valence-corrected chi connectivity index (χ2v) is 3.16. The predicted octanol–water partition coefficient (Wildman–Crippen LogP) is 1.33. The van der Waals surface area contributed by atoms with E-state index in [1.165, 1.54) is 19.3 Å². The lowest BCUT2D eigenvalue weighted by molar-refractivity contribution is 0.418. The van der Waals surface area contributed by atoms with Gasteiger partial charge in [0, 0.05) is 18.5 Å². The van der Waals surface area contributed by atoms with Crippen LogP contribution in [0, 0.1) is 5.41 Å². The number of hydrogen-bond acceptors (Lipinski definition) is 0. The summed E-state index contributed by atoms with van der Waals surface area (Å²) < 4.78 is 0. The van der Waals surface area contributed by atoms with Gasteiger partial charge in [0.05, 0.1) is 0 Å². The maximum atomic E-state index is 4.37. The fraction of sp³-hybridized carbons (Fsp3) is 0.750. The lowest BCUT2D eigenvalue weighted by Gasteiger charge is -2.17. The van der Waals surface area contributed by atoms with E-state index < -0.39 is 0 Å². The second-order valence-electron chi connectivity index (χ2n) is 3.16. The Labute approximate surface area is 56.1 Å². The van der Waals surface area contributed by atoms with Gasteiger partial charge < -0.3 is 0 Å². The molecule has 1 fully saturated rings. The van der Waals surface area contributed by atoms with Crippen LogP contribution in [0.25, 0.3) is 0 Å². The molecule has 0 N–H and O–H groups in total. The molecule has 9 heavy (non-hydrogen) atoms. The van der Waals surface area contributed by atoms with Gasteiger partial charge >= 0.3 is 0 Å². The molecule has 0 bridgehead atoms. The van der Waals surface area contributed by atoms with Crippen LogP contribution in [0.15, 0.2) is 12.2 Å². The molecule has 1 aliphatic heterocycles. The van der Waals surface area contributed by atoms with Gasteiger partial charge in [-0.3, -0.25) is 0 Å². The highest BCUT2D eigenvalue weighted by Gasteiger charge is 2.33. The van der Waals surface area contributed by atoms with E-state index in [1.54, 1.807) is 0 Å². The molecule has 1 saturated heterocycles. The minimum Gasteiger partial charge on any atom is -0.241 e. The van der Waals surface area contributed by atoms with Crippen molar-refractivity contribution in [3.8, 4) is 0 Å². The van der Waals surface area contributed by atoms with Crippen molar-refractivity contribution in [1.29, 1.82) is 0 Å². The Morgan fingerprint density at radius 2 is 2.33 bits per heavy atom. The number of nitrogens with zero attached hydrogens (tertiary/aromatic N) is 1. The van der Waals surface area contributed by atoms with Gasteiger partial charge in [-0.2, -0.15) is 0 Å². The topological polar surface area (TPSA) is 14.1 Å². The zero-order valence-electron chi connectivity index (χ0n) is 5.64. The largest absolute Gasteiger partial charge is 0.241 e. The molecule has 0 aromatic carbocycles. The Balaban J connectivity index is 2.13. The molecule has 1 heteroatoms. The van der Waals surface area contributed by atoms with E-state index in [0.717, 1.165) is 13.1 Å². The maximum absolute atomic E-state index is 4.37. The van der Waals surface area contributed by atoms with Gasteiger partial charge in [-0.05, 0) is 19.3 Å². The van der Waals surface area contributed by atoms with E-state index in [1.807, 2.05) is 0 Å². The summed E-state index contributed by atoms with van der Waals surface area (Å²) in [5, 5.41) is 4.37. The first-order valence-electron chi connectivity index (χ1n) is 3.72. The molecule has 2 rings (SSSR count). The first-order chi connectivity index (χ1) is 4.41. The van der Waals surface area contributed by atoms with Crippen molar-refractivity contribution in [3.63, 3.8) is 0 Å². The molecule has 1 aliphatic carbocycles. The first-order valence-corrected chi connectivity index (χ1v) is 3.72. The zero-order chi connectivity index (χ0) is 6.16. The Hall–Kier alpha value is -0.300. The smallest absolute Gasteiger partial charge is 0.0225 e. The molecule has 0 amide bonds. The van der Waals surface area contributed by atoms with E-state index in [4.69, 9.17) is 0 Å². The number of allylic oxidation sites excluding steroid dienone is 1. The number of rotatable bonds is 0. The standard InChI is InChI=1S/C8H12N/c1-2-4-8(3-1)5-6-9-7-8/h1,3H,2,4-7H2. The van der Waals surface area contributed by atoms with Gasteiger partial charge in [-0.25, -0.2) is 5.32 Å². The average molecular weight is 122 g/mol. The lowest BCUT2D eigenvalue weighted by atomic mass is 9.87. The van der Waals surface area contributed by atoms with Gasteiger partial charge in [0.1, 0.15) is 0 Å². The van der Waals surface area contributed by atoms with Gasteiger partial charge in [-0.15, -0.1) is 0 Å². The molecule has 1 unspecified atom stereocenters. The molecule has 0 saturated carbocycles. The summed E-state index contributed by atoms with van der Waals surface area (Å²) in [6, 6.07) is 0. The molecule has 0 aromatic heterocycles. The van der Waals surface area contributed by atoms with Crippen molar-refractivity contribution in [1.82, 2.24) is 5.32 Å². The summed E-state index contributed by atoms with van der Waals surface area (Å²) in [6.07, 6.45) is 8.64. The lowest BCUT2D eigenvalue weighted by Crippen LogP contribution is -2.15. The van der Waals surface area contributed by atoms with Crippen molar-refractivity contribution in [3.05, 3.63) is 12.2 Å². The van der Waals surface area contributed by atoms with Crippen molar-refractivity contribution in [2.24, 2.45) is 5.41 Å². The van der Waals surface area contributed by atoms with Crippen molar-refractivity contribution in [2.45, 2.75) is 19.3 Å². The molecular weight excluding hydrogens is 110 g/mol. The molecule has 1 heterocycles. The van der Waals surface area contributed by atoms with E-state index in [2.05, 4.69) is 17.5 Å². The van der Waals surface area contributed by atoms with Crippen LogP contribution in [-0.4, -0.2) is 13.1 Å². The SMILES string of the molecule is C1=CC2(CC1)CC[N]C2. The van der Waals surface area contributed by atoms with Gasteiger partial charge in [0.25, 0.3) is 0 Å². The summed E-state index contributed by atoms with van der Waals surface area (Å²) in [5.74, 6) is 0. The summed E-state index contributed by atoms with van der Waals surface area (Å²) in [5.41, 5.74) is 0.542. The van der Waals surface area contributed by atoms with Crippen LogP contribution >= 0.6 is 0 Å². The van der Waals surface area contributed by atoms with E-state index in [-0.39, 0.29) is 0 Å². The van der Waals surface area contributed by atoms with Crippen LogP contribution in [0.3, 0.4) is 0 Å². The summed E-state index contributed by atoms with van der Waals surface area (Å²) in [6.45, 7) is 2.20. The average Bonchev–Trinajstić information content (AvgIpc) is 2.45. The van der Waals surface area contributed by atoms with E-state index in [9.17, 15) is 0 Å². The van der Waals surface area contributed by atoms with Crippen LogP contribution in [0.2, 0.25) is 0 Å². The van der Waals surface area contributed by atoms with Crippen molar-refractivity contribution in [2.75, 3.05) is 13.1 Å². The third-order valence-electron chi connectivity index (χ3n) is 2.47. The molecule has 0 aromatic rings. The highest BCUT2D eigenvalue weighted by atomic mass is 14.9. The third kappa shape index (κ3) is 0.799. The highest BCUT2D eigenvalue weighted by Crippen LogP contribution is 2.37. The monoisotopic (exact) mass is 122 g/mol. The van der Waals surface area contributed by atoms with Gasteiger partial charge in [0.15, 0.2) is 0 Å². The Bertz CT molecular complexity index is 132. The van der Waals surface area contributed by atoms with E-state index >= 15 is 0 Å². The predicted molar refractivity (Wildman–Crippen MR) is 37.3 cm³/mol.